The minimum Gasteiger partial charge on any atom is -0.115 e. The lowest BCUT2D eigenvalue weighted by atomic mass is 10.2. The Kier molecular flexibility index (Phi) is 4.41. The summed E-state index contributed by atoms with van der Waals surface area (Å²) in [6, 6.07) is 0. The van der Waals surface area contributed by atoms with Crippen molar-refractivity contribution >= 4 is 0 Å². The monoisotopic (exact) mass is 134 g/mol. The first-order valence-corrected chi connectivity index (χ1v) is 3.51. The van der Waals surface area contributed by atoms with Crippen molar-refractivity contribution in [3.05, 3.63) is 23.3 Å². The summed E-state index contributed by atoms with van der Waals surface area (Å²) in [6.45, 7) is 6.16. The van der Waals surface area contributed by atoms with Crippen LogP contribution in [0.4, 0.5) is 0 Å². The van der Waals surface area contributed by atoms with Gasteiger partial charge in [-0.3, -0.25) is 0 Å². The van der Waals surface area contributed by atoms with Crippen LogP contribution in [0.25, 0.3) is 0 Å². The molecule has 0 nitrogen and oxygen atoms in total. The first kappa shape index (κ1) is 9.04. The largest absolute Gasteiger partial charge is 0.115 e. The van der Waals surface area contributed by atoms with E-state index in [0.29, 0.717) is 0 Å². The molecule has 54 valence electrons. The van der Waals surface area contributed by atoms with Crippen LogP contribution >= 0.6 is 0 Å². The Balaban J connectivity index is 4.07. The maximum Gasteiger partial charge on any atom is -0.00135 e. The van der Waals surface area contributed by atoms with Gasteiger partial charge in [0.1, 0.15) is 0 Å². The summed E-state index contributed by atoms with van der Waals surface area (Å²) in [5, 5.41) is 0. The molecule has 0 bridgehead atoms. The Hall–Kier alpha value is -0.960. The number of hydrogen-bond donors (Lipinski definition) is 0. The summed E-state index contributed by atoms with van der Waals surface area (Å²) in [5.41, 5.74) is 2.34. The van der Waals surface area contributed by atoms with Crippen molar-refractivity contribution in [2.75, 3.05) is 0 Å². The van der Waals surface area contributed by atoms with Gasteiger partial charge in [0.15, 0.2) is 0 Å². The van der Waals surface area contributed by atoms with E-state index in [9.17, 15) is 0 Å². The smallest absolute Gasteiger partial charge is 0.00135 e. The highest BCUT2D eigenvalue weighted by molar-refractivity contribution is 5.28. The molecule has 0 saturated heterocycles. The minimum atomic E-state index is 0.979. The molecule has 0 aromatic heterocycles. The lowest BCUT2D eigenvalue weighted by Gasteiger charge is -1.89. The summed E-state index contributed by atoms with van der Waals surface area (Å²) in [4.78, 5) is 0. The van der Waals surface area contributed by atoms with E-state index in [1.165, 1.54) is 5.57 Å². The van der Waals surface area contributed by atoms with Crippen molar-refractivity contribution in [1.82, 2.24) is 0 Å². The van der Waals surface area contributed by atoms with E-state index in [0.717, 1.165) is 12.0 Å². The average Bonchev–Trinajstić information content (AvgIpc) is 1.99. The Labute approximate surface area is 63.6 Å². The SMILES string of the molecule is C#CC(C)=CC=C(C)CC. The van der Waals surface area contributed by atoms with E-state index in [4.69, 9.17) is 6.42 Å². The van der Waals surface area contributed by atoms with Gasteiger partial charge in [-0.05, 0) is 25.8 Å². The van der Waals surface area contributed by atoms with Crippen LogP contribution in [0.2, 0.25) is 0 Å². The van der Waals surface area contributed by atoms with Gasteiger partial charge in [-0.25, -0.2) is 0 Å². The Bertz CT molecular complexity index is 187. The van der Waals surface area contributed by atoms with Gasteiger partial charge >= 0.3 is 0 Å². The maximum atomic E-state index is 5.15. The van der Waals surface area contributed by atoms with E-state index >= 15 is 0 Å². The molecule has 0 atom stereocenters. The van der Waals surface area contributed by atoms with Gasteiger partial charge in [0.2, 0.25) is 0 Å². The molecule has 0 saturated carbocycles. The molecule has 0 radical (unpaired) electrons. The van der Waals surface area contributed by atoms with Crippen molar-refractivity contribution < 1.29 is 0 Å². The Morgan fingerprint density at radius 1 is 1.40 bits per heavy atom. The second kappa shape index (κ2) is 4.88. The first-order chi connectivity index (χ1) is 4.70. The number of rotatable bonds is 2. The molecule has 0 aliphatic rings. The quantitative estimate of drug-likeness (QED) is 0.402. The van der Waals surface area contributed by atoms with Crippen molar-refractivity contribution in [3.63, 3.8) is 0 Å². The Morgan fingerprint density at radius 3 is 2.40 bits per heavy atom. The Morgan fingerprint density at radius 2 is 2.00 bits per heavy atom. The van der Waals surface area contributed by atoms with Crippen LogP contribution in [0, 0.1) is 12.3 Å². The van der Waals surface area contributed by atoms with E-state index in [2.05, 4.69) is 25.8 Å². The summed E-state index contributed by atoms with van der Waals surface area (Å²) in [7, 11) is 0. The van der Waals surface area contributed by atoms with Gasteiger partial charge in [0, 0.05) is 0 Å². The standard InChI is InChI=1S/C10H14/c1-5-9(3)7-8-10(4)6-2/h1,7-8H,6H2,2-4H3. The highest BCUT2D eigenvalue weighted by Gasteiger charge is 1.80. The molecule has 0 rings (SSSR count). The van der Waals surface area contributed by atoms with Gasteiger partial charge in [-0.2, -0.15) is 0 Å². The van der Waals surface area contributed by atoms with Crippen LogP contribution in [0.1, 0.15) is 27.2 Å². The van der Waals surface area contributed by atoms with Gasteiger partial charge in [-0.15, -0.1) is 6.42 Å². The third-order valence-corrected chi connectivity index (χ3v) is 1.40. The summed E-state index contributed by atoms with van der Waals surface area (Å²) in [6.07, 6.45) is 10.3. The third kappa shape index (κ3) is 3.97. The fraction of sp³-hybridized carbons (Fsp3) is 0.400. The molecule has 0 spiro atoms. The molecule has 0 N–H and O–H groups in total. The van der Waals surface area contributed by atoms with Crippen molar-refractivity contribution in [1.29, 1.82) is 0 Å². The van der Waals surface area contributed by atoms with E-state index in [1.807, 2.05) is 13.0 Å². The van der Waals surface area contributed by atoms with Gasteiger partial charge in [0.05, 0.1) is 0 Å². The van der Waals surface area contributed by atoms with Crippen LogP contribution in [0.15, 0.2) is 23.3 Å². The lowest BCUT2D eigenvalue weighted by Crippen LogP contribution is -1.70. The molecule has 0 amide bonds. The summed E-state index contributed by atoms with van der Waals surface area (Å²) in [5.74, 6) is 2.56. The molecule has 0 unspecified atom stereocenters. The fourth-order valence-electron chi connectivity index (χ4n) is 0.433. The first-order valence-electron chi connectivity index (χ1n) is 3.51. The van der Waals surface area contributed by atoms with Gasteiger partial charge < -0.3 is 0 Å². The van der Waals surface area contributed by atoms with Gasteiger partial charge in [-0.1, -0.05) is 30.6 Å². The molecule has 0 aromatic rings. The number of terminal acetylenes is 1. The van der Waals surface area contributed by atoms with Crippen molar-refractivity contribution in [3.8, 4) is 12.3 Å². The number of allylic oxidation sites excluding steroid dienone is 4. The predicted octanol–water partition coefficient (Wildman–Crippen LogP) is 2.92. The van der Waals surface area contributed by atoms with E-state index in [-0.39, 0.29) is 0 Å². The van der Waals surface area contributed by atoms with Crippen molar-refractivity contribution in [2.45, 2.75) is 27.2 Å². The maximum absolute atomic E-state index is 5.15. The lowest BCUT2D eigenvalue weighted by molar-refractivity contribution is 1.10. The molecule has 0 aliphatic carbocycles. The highest BCUT2D eigenvalue weighted by Crippen LogP contribution is 1.99. The highest BCUT2D eigenvalue weighted by atomic mass is 13.9. The zero-order chi connectivity index (χ0) is 7.98. The molecule has 0 heterocycles. The fourth-order valence-corrected chi connectivity index (χ4v) is 0.433. The van der Waals surface area contributed by atoms with Gasteiger partial charge in [0.25, 0.3) is 0 Å². The molecule has 0 aromatic carbocycles. The van der Waals surface area contributed by atoms with Crippen LogP contribution in [-0.2, 0) is 0 Å². The second-order valence-corrected chi connectivity index (χ2v) is 2.36. The molecule has 0 fully saturated rings. The molecular formula is C10H14. The molecule has 10 heavy (non-hydrogen) atoms. The number of hydrogen-bond acceptors (Lipinski definition) is 0. The third-order valence-electron chi connectivity index (χ3n) is 1.40. The van der Waals surface area contributed by atoms with Crippen LogP contribution in [0.5, 0.6) is 0 Å². The van der Waals surface area contributed by atoms with Crippen LogP contribution in [0.3, 0.4) is 0 Å². The molecule has 0 heteroatoms. The van der Waals surface area contributed by atoms with Crippen LogP contribution < -0.4 is 0 Å². The molecular weight excluding hydrogens is 120 g/mol. The van der Waals surface area contributed by atoms with Crippen LogP contribution in [-0.4, -0.2) is 0 Å². The van der Waals surface area contributed by atoms with E-state index in [1.54, 1.807) is 0 Å². The second-order valence-electron chi connectivity index (χ2n) is 2.36. The predicted molar refractivity (Wildman–Crippen MR) is 46.6 cm³/mol. The van der Waals surface area contributed by atoms with Crippen molar-refractivity contribution in [2.24, 2.45) is 0 Å². The normalized spacial score (nSPS) is 13.0. The minimum absolute atomic E-state index is 0.979. The topological polar surface area (TPSA) is 0 Å². The average molecular weight is 134 g/mol. The molecule has 0 aliphatic heterocycles. The summed E-state index contributed by atoms with van der Waals surface area (Å²) >= 11 is 0. The zero-order valence-corrected chi connectivity index (χ0v) is 6.94. The zero-order valence-electron chi connectivity index (χ0n) is 6.94. The van der Waals surface area contributed by atoms with E-state index < -0.39 is 0 Å². The summed E-state index contributed by atoms with van der Waals surface area (Å²) < 4.78 is 0.